The molecule has 1 N–H and O–H groups in total. The van der Waals surface area contributed by atoms with Crippen molar-refractivity contribution in [2.45, 2.75) is 33.4 Å². The van der Waals surface area contributed by atoms with E-state index in [0.717, 1.165) is 43.0 Å². The van der Waals surface area contributed by atoms with Crippen molar-refractivity contribution in [3.8, 4) is 17.1 Å². The van der Waals surface area contributed by atoms with E-state index in [1.165, 1.54) is 11.1 Å². The van der Waals surface area contributed by atoms with Crippen LogP contribution < -0.4 is 0 Å². The molecule has 0 aliphatic carbocycles. The third kappa shape index (κ3) is 4.20. The Kier molecular flexibility index (Phi) is 5.94. The van der Waals surface area contributed by atoms with Gasteiger partial charge in [0.2, 0.25) is 4.77 Å². The van der Waals surface area contributed by atoms with Crippen LogP contribution in [0.3, 0.4) is 0 Å². The monoisotopic (exact) mass is 408 g/mol. The second-order valence-electron chi connectivity index (χ2n) is 7.98. The topological polar surface area (TPSA) is 46.2 Å². The van der Waals surface area contributed by atoms with Crippen LogP contribution in [0, 0.1) is 24.5 Å². The number of aliphatic hydroxyl groups excluding tert-OH is 1. The zero-order chi connectivity index (χ0) is 20.4. The lowest BCUT2D eigenvalue weighted by molar-refractivity contribution is 0.0939. The van der Waals surface area contributed by atoms with E-state index in [2.05, 4.69) is 53.6 Å². The fourth-order valence-corrected chi connectivity index (χ4v) is 4.28. The van der Waals surface area contributed by atoms with E-state index < -0.39 is 0 Å². The molecule has 6 heteroatoms. The molecular formula is C23H28N4OS. The summed E-state index contributed by atoms with van der Waals surface area (Å²) in [5.41, 5.74) is 4.58. The SMILES string of the molecule is Cc1ccc(-n2c(-c3ccccc3)nn(CN3CCC[C@H](CO)C3)c2=S)cc1C. The summed E-state index contributed by atoms with van der Waals surface area (Å²) in [5, 5.41) is 14.5. The highest BCUT2D eigenvalue weighted by molar-refractivity contribution is 7.71. The van der Waals surface area contributed by atoms with Crippen LogP contribution in [-0.2, 0) is 6.67 Å². The van der Waals surface area contributed by atoms with Gasteiger partial charge in [-0.05, 0) is 74.6 Å². The number of piperidine rings is 1. The molecule has 2 aromatic carbocycles. The van der Waals surface area contributed by atoms with Gasteiger partial charge < -0.3 is 5.11 Å². The van der Waals surface area contributed by atoms with Crippen LogP contribution in [0.1, 0.15) is 24.0 Å². The minimum absolute atomic E-state index is 0.244. The molecule has 1 saturated heterocycles. The second-order valence-corrected chi connectivity index (χ2v) is 8.35. The zero-order valence-electron chi connectivity index (χ0n) is 17.1. The summed E-state index contributed by atoms with van der Waals surface area (Å²) in [7, 11) is 0. The Bertz CT molecular complexity index is 1040. The molecule has 29 heavy (non-hydrogen) atoms. The van der Waals surface area contributed by atoms with Crippen molar-refractivity contribution in [3.63, 3.8) is 0 Å². The molecule has 0 radical (unpaired) electrons. The molecule has 2 heterocycles. The number of nitrogens with zero attached hydrogens (tertiary/aromatic N) is 4. The molecular weight excluding hydrogens is 380 g/mol. The number of hydrogen-bond donors (Lipinski definition) is 1. The van der Waals surface area contributed by atoms with Gasteiger partial charge in [-0.15, -0.1) is 5.10 Å². The van der Waals surface area contributed by atoms with Crippen LogP contribution in [0.15, 0.2) is 48.5 Å². The molecule has 152 valence electrons. The fraction of sp³-hybridized carbons (Fsp3) is 0.391. The Morgan fingerprint density at radius 2 is 1.90 bits per heavy atom. The Labute approximate surface area is 177 Å². The Hall–Kier alpha value is -2.28. The molecule has 0 saturated carbocycles. The molecule has 0 bridgehead atoms. The van der Waals surface area contributed by atoms with Crippen molar-refractivity contribution in [2.75, 3.05) is 19.7 Å². The van der Waals surface area contributed by atoms with Crippen LogP contribution in [0.2, 0.25) is 0 Å². The number of aromatic nitrogens is 3. The maximum absolute atomic E-state index is 9.55. The van der Waals surface area contributed by atoms with E-state index in [4.69, 9.17) is 17.3 Å². The Morgan fingerprint density at radius 3 is 2.62 bits per heavy atom. The maximum Gasteiger partial charge on any atom is 0.204 e. The quantitative estimate of drug-likeness (QED) is 0.638. The summed E-state index contributed by atoms with van der Waals surface area (Å²) in [5.74, 6) is 1.20. The van der Waals surface area contributed by atoms with Crippen LogP contribution in [0.5, 0.6) is 0 Å². The molecule has 1 aliphatic heterocycles. The first-order valence-electron chi connectivity index (χ1n) is 10.2. The molecule has 0 unspecified atom stereocenters. The Balaban J connectivity index is 1.77. The maximum atomic E-state index is 9.55. The number of likely N-dealkylation sites (tertiary alicyclic amines) is 1. The standard InChI is InChI=1S/C23H28N4OS/c1-17-10-11-21(13-18(17)2)27-22(20-8-4-3-5-9-20)24-26(23(27)29)16-25-12-6-7-19(14-25)15-28/h3-5,8-11,13,19,28H,6-7,12,14-16H2,1-2H3/t19-/m0/s1. The summed E-state index contributed by atoms with van der Waals surface area (Å²) in [6.07, 6.45) is 2.19. The number of aliphatic hydroxyl groups is 1. The predicted molar refractivity (Wildman–Crippen MR) is 119 cm³/mol. The van der Waals surface area contributed by atoms with Gasteiger partial charge in [-0.2, -0.15) is 0 Å². The lowest BCUT2D eigenvalue weighted by Gasteiger charge is -2.31. The lowest BCUT2D eigenvalue weighted by Crippen LogP contribution is -2.38. The van der Waals surface area contributed by atoms with Crippen molar-refractivity contribution in [1.29, 1.82) is 0 Å². The predicted octanol–water partition coefficient (Wildman–Crippen LogP) is 4.35. The van der Waals surface area contributed by atoms with Crippen LogP contribution >= 0.6 is 12.2 Å². The molecule has 1 fully saturated rings. The van der Waals surface area contributed by atoms with Gasteiger partial charge in [0.25, 0.3) is 0 Å². The van der Waals surface area contributed by atoms with Gasteiger partial charge in [0.1, 0.15) is 0 Å². The second kappa shape index (κ2) is 8.61. The first kappa shape index (κ1) is 20.0. The van der Waals surface area contributed by atoms with E-state index in [-0.39, 0.29) is 6.61 Å². The Morgan fingerprint density at radius 1 is 1.10 bits per heavy atom. The molecule has 0 amide bonds. The minimum Gasteiger partial charge on any atom is -0.396 e. The smallest absolute Gasteiger partial charge is 0.204 e. The molecule has 3 aromatic rings. The van der Waals surface area contributed by atoms with Gasteiger partial charge in [0, 0.05) is 18.7 Å². The molecule has 1 aliphatic rings. The average Bonchev–Trinajstić information content (AvgIpc) is 3.07. The van der Waals surface area contributed by atoms with E-state index in [1.807, 2.05) is 22.9 Å². The molecule has 1 atom stereocenters. The third-order valence-corrected chi connectivity index (χ3v) is 6.21. The molecule has 1 aromatic heterocycles. The van der Waals surface area contributed by atoms with Crippen LogP contribution in [0.25, 0.3) is 17.1 Å². The lowest BCUT2D eigenvalue weighted by atomic mass is 10.00. The van der Waals surface area contributed by atoms with Gasteiger partial charge in [0.15, 0.2) is 5.82 Å². The summed E-state index contributed by atoms with van der Waals surface area (Å²) in [4.78, 5) is 2.34. The van der Waals surface area contributed by atoms with E-state index in [1.54, 1.807) is 0 Å². The van der Waals surface area contributed by atoms with E-state index in [9.17, 15) is 5.11 Å². The van der Waals surface area contributed by atoms with Crippen molar-refractivity contribution in [3.05, 3.63) is 64.4 Å². The normalized spacial score (nSPS) is 17.6. The zero-order valence-corrected chi connectivity index (χ0v) is 17.9. The van der Waals surface area contributed by atoms with Gasteiger partial charge in [-0.25, -0.2) is 4.68 Å². The summed E-state index contributed by atoms with van der Waals surface area (Å²) >= 11 is 5.88. The van der Waals surface area contributed by atoms with Gasteiger partial charge >= 0.3 is 0 Å². The summed E-state index contributed by atoms with van der Waals surface area (Å²) in [6, 6.07) is 16.6. The largest absolute Gasteiger partial charge is 0.396 e. The number of hydrogen-bond acceptors (Lipinski definition) is 4. The summed E-state index contributed by atoms with van der Waals surface area (Å²) < 4.78 is 4.69. The molecule has 4 rings (SSSR count). The van der Waals surface area contributed by atoms with Crippen molar-refractivity contribution < 1.29 is 5.11 Å². The molecule has 0 spiro atoms. The van der Waals surface area contributed by atoms with Crippen molar-refractivity contribution >= 4 is 12.2 Å². The first-order chi connectivity index (χ1) is 14.1. The average molecular weight is 409 g/mol. The first-order valence-corrected chi connectivity index (χ1v) is 10.6. The highest BCUT2D eigenvalue weighted by Crippen LogP contribution is 2.25. The van der Waals surface area contributed by atoms with Crippen LogP contribution in [0.4, 0.5) is 0 Å². The van der Waals surface area contributed by atoms with E-state index >= 15 is 0 Å². The van der Waals surface area contributed by atoms with Gasteiger partial charge in [-0.1, -0.05) is 36.4 Å². The van der Waals surface area contributed by atoms with Gasteiger partial charge in [-0.3, -0.25) is 9.47 Å². The van der Waals surface area contributed by atoms with Crippen LogP contribution in [-0.4, -0.2) is 44.1 Å². The summed E-state index contributed by atoms with van der Waals surface area (Å²) in [6.45, 7) is 7.03. The highest BCUT2D eigenvalue weighted by Gasteiger charge is 2.21. The minimum atomic E-state index is 0.244. The number of aryl methyl sites for hydroxylation is 2. The van der Waals surface area contributed by atoms with Gasteiger partial charge in [0.05, 0.1) is 12.4 Å². The highest BCUT2D eigenvalue weighted by atomic mass is 32.1. The van der Waals surface area contributed by atoms with Crippen molar-refractivity contribution in [1.82, 2.24) is 19.2 Å². The number of rotatable bonds is 5. The third-order valence-electron chi connectivity index (χ3n) is 5.82. The molecule has 5 nitrogen and oxygen atoms in total. The van der Waals surface area contributed by atoms with Crippen molar-refractivity contribution in [2.24, 2.45) is 5.92 Å². The fourth-order valence-electron chi connectivity index (χ4n) is 3.99. The van der Waals surface area contributed by atoms with E-state index in [0.29, 0.717) is 17.4 Å². The number of benzene rings is 2.